The molecule has 0 unspecified atom stereocenters. The Kier molecular flexibility index (Phi) is 12.7. The van der Waals surface area contributed by atoms with E-state index in [0.29, 0.717) is 0 Å². The zero-order valence-electron chi connectivity index (χ0n) is 20.0. The van der Waals surface area contributed by atoms with E-state index in [1.54, 1.807) is 0 Å². The van der Waals surface area contributed by atoms with Crippen LogP contribution in [0.2, 0.25) is 0 Å². The minimum Gasteiger partial charge on any atom is -0.310 e. The van der Waals surface area contributed by atoms with E-state index in [2.05, 4.69) is 98.8 Å². The third-order valence-electron chi connectivity index (χ3n) is 5.99. The number of unbranched alkanes of at least 4 members (excludes halogenated alkanes) is 6. The molecule has 0 aliphatic rings. The summed E-state index contributed by atoms with van der Waals surface area (Å²) in [5.41, 5.74) is 2.86. The van der Waals surface area contributed by atoms with Gasteiger partial charge in [0, 0.05) is 11.1 Å². The maximum atomic E-state index is 2.45. The van der Waals surface area contributed by atoms with E-state index in [0.717, 1.165) is 30.7 Å². The Morgan fingerprint density at radius 2 is 0.968 bits per heavy atom. The molecule has 2 aromatic carbocycles. The first-order chi connectivity index (χ1) is 15.3. The number of hydrogen-bond donors (Lipinski definition) is 0. The molecule has 0 bridgehead atoms. The average Bonchev–Trinajstić information content (AvgIpc) is 2.80. The predicted octanol–water partition coefficient (Wildman–Crippen LogP) is 8.48. The van der Waals surface area contributed by atoms with Crippen LogP contribution in [-0.4, -0.2) is 17.6 Å². The molecular weight excluding hydrogens is 374 g/mol. The van der Waals surface area contributed by atoms with Gasteiger partial charge in [-0.1, -0.05) is 112 Å². The normalized spacial score (nSPS) is 12.2. The number of allylic oxidation sites excluding steroid dienone is 2. The number of benzene rings is 2. The summed E-state index contributed by atoms with van der Waals surface area (Å²) in [4.78, 5) is 0. The second kappa shape index (κ2) is 15.6. The van der Waals surface area contributed by atoms with Gasteiger partial charge in [-0.2, -0.15) is 0 Å². The molecule has 0 amide bonds. The van der Waals surface area contributed by atoms with E-state index >= 15 is 0 Å². The molecule has 0 aliphatic carbocycles. The van der Waals surface area contributed by atoms with E-state index in [9.17, 15) is 0 Å². The van der Waals surface area contributed by atoms with E-state index in [-0.39, 0.29) is 0 Å². The molecule has 0 radical (unpaired) electrons. The second-order valence-electron chi connectivity index (χ2n) is 8.93. The maximum absolute atomic E-state index is 2.45. The molecule has 0 spiro atoms. The van der Waals surface area contributed by atoms with Crippen LogP contribution in [0.1, 0.15) is 76.3 Å². The topological polar surface area (TPSA) is 0 Å². The molecule has 0 aliphatic heterocycles. The van der Waals surface area contributed by atoms with Crippen LogP contribution >= 0.6 is 0 Å². The van der Waals surface area contributed by atoms with Gasteiger partial charge in [-0.3, -0.25) is 0 Å². The van der Waals surface area contributed by atoms with Crippen molar-refractivity contribution in [3.05, 3.63) is 96.1 Å². The average molecular weight is 419 g/mol. The second-order valence-corrected chi connectivity index (χ2v) is 8.93. The monoisotopic (exact) mass is 418 g/mol. The molecule has 168 valence electrons. The summed E-state index contributed by atoms with van der Waals surface area (Å²) < 4.78 is 1.04. The van der Waals surface area contributed by atoms with Crippen molar-refractivity contribution in [3.8, 4) is 0 Å². The van der Waals surface area contributed by atoms with Gasteiger partial charge in [-0.15, -0.1) is 0 Å². The molecule has 2 rings (SSSR count). The Hall–Kier alpha value is -2.12. The Morgan fingerprint density at radius 3 is 1.35 bits per heavy atom. The first kappa shape index (κ1) is 25.1. The smallest absolute Gasteiger partial charge is 0.105 e. The summed E-state index contributed by atoms with van der Waals surface area (Å²) >= 11 is 0. The van der Waals surface area contributed by atoms with Crippen LogP contribution in [0.15, 0.2) is 85.0 Å². The van der Waals surface area contributed by atoms with Crippen LogP contribution in [0, 0.1) is 0 Å². The quantitative estimate of drug-likeness (QED) is 0.146. The number of nitrogens with zero attached hydrogens (tertiary/aromatic N) is 1. The van der Waals surface area contributed by atoms with Crippen LogP contribution < -0.4 is 0 Å². The lowest BCUT2D eigenvalue weighted by Gasteiger charge is -2.37. The van der Waals surface area contributed by atoms with Gasteiger partial charge in [0.15, 0.2) is 0 Å². The van der Waals surface area contributed by atoms with Gasteiger partial charge < -0.3 is 4.48 Å². The molecule has 0 N–H and O–H groups in total. The van der Waals surface area contributed by atoms with Gasteiger partial charge in [-0.05, 0) is 37.8 Å². The molecular formula is C30H44N+. The largest absolute Gasteiger partial charge is 0.310 e. The molecule has 0 heterocycles. The third kappa shape index (κ3) is 10.6. The van der Waals surface area contributed by atoms with E-state index in [1.165, 1.54) is 62.5 Å². The van der Waals surface area contributed by atoms with E-state index in [4.69, 9.17) is 0 Å². The van der Waals surface area contributed by atoms with Crippen molar-refractivity contribution in [2.45, 2.75) is 78.3 Å². The highest BCUT2D eigenvalue weighted by Gasteiger charge is 2.26. The van der Waals surface area contributed by atoms with Crippen molar-refractivity contribution in [2.24, 2.45) is 0 Å². The highest BCUT2D eigenvalue weighted by Crippen LogP contribution is 2.21. The SMILES string of the molecule is CCCCC/C=C/C[N+](C/C=C/CCCCC)(Cc1ccccc1)Cc1ccccc1. The molecule has 31 heavy (non-hydrogen) atoms. The fourth-order valence-corrected chi connectivity index (χ4v) is 4.19. The molecule has 0 saturated heterocycles. The van der Waals surface area contributed by atoms with Gasteiger partial charge in [0.1, 0.15) is 13.1 Å². The highest BCUT2D eigenvalue weighted by molar-refractivity contribution is 5.15. The lowest BCUT2D eigenvalue weighted by Crippen LogP contribution is -2.46. The summed E-state index contributed by atoms with van der Waals surface area (Å²) in [6.07, 6.45) is 20.0. The zero-order chi connectivity index (χ0) is 22.0. The van der Waals surface area contributed by atoms with Crippen LogP contribution in [0.3, 0.4) is 0 Å². The van der Waals surface area contributed by atoms with Crippen molar-refractivity contribution in [2.75, 3.05) is 13.1 Å². The Bertz CT molecular complexity index is 664. The van der Waals surface area contributed by atoms with Crippen LogP contribution in [-0.2, 0) is 13.1 Å². The molecule has 0 aromatic heterocycles. The van der Waals surface area contributed by atoms with Crippen molar-refractivity contribution < 1.29 is 4.48 Å². The van der Waals surface area contributed by atoms with Crippen LogP contribution in [0.4, 0.5) is 0 Å². The summed E-state index contributed by atoms with van der Waals surface area (Å²) in [6.45, 7) is 8.84. The number of quaternary nitrogens is 1. The Balaban J connectivity index is 2.19. The van der Waals surface area contributed by atoms with Crippen molar-refractivity contribution in [1.82, 2.24) is 0 Å². The number of hydrogen-bond acceptors (Lipinski definition) is 0. The standard InChI is InChI=1S/C30H44N/c1-3-5-7-9-11-19-25-31(26-20-12-10-8-6-4-2,27-29-21-15-13-16-22-29)28-30-23-17-14-18-24-30/h11-24H,3-10,25-28H2,1-2H3/q+1/b19-11+,20-12+. The first-order valence-corrected chi connectivity index (χ1v) is 12.5. The molecule has 0 atom stereocenters. The minimum absolute atomic E-state index is 1.04. The first-order valence-electron chi connectivity index (χ1n) is 12.5. The molecule has 1 nitrogen and oxygen atoms in total. The summed E-state index contributed by atoms with van der Waals surface area (Å²) in [5, 5.41) is 0. The van der Waals surface area contributed by atoms with Gasteiger partial charge in [0.25, 0.3) is 0 Å². The summed E-state index contributed by atoms with van der Waals surface area (Å²) in [5.74, 6) is 0. The fourth-order valence-electron chi connectivity index (χ4n) is 4.19. The minimum atomic E-state index is 1.04. The predicted molar refractivity (Wildman–Crippen MR) is 137 cm³/mol. The van der Waals surface area contributed by atoms with Gasteiger partial charge in [-0.25, -0.2) is 0 Å². The molecule has 1 heteroatoms. The zero-order valence-corrected chi connectivity index (χ0v) is 20.0. The summed E-state index contributed by atoms with van der Waals surface area (Å²) in [7, 11) is 0. The number of rotatable bonds is 16. The third-order valence-corrected chi connectivity index (χ3v) is 5.99. The lowest BCUT2D eigenvalue weighted by molar-refractivity contribution is -0.943. The Labute approximate surface area is 192 Å². The fraction of sp³-hybridized carbons (Fsp3) is 0.467. The van der Waals surface area contributed by atoms with Gasteiger partial charge >= 0.3 is 0 Å². The maximum Gasteiger partial charge on any atom is 0.105 e. The molecule has 0 saturated carbocycles. The highest BCUT2D eigenvalue weighted by atomic mass is 15.3. The van der Waals surface area contributed by atoms with Crippen molar-refractivity contribution >= 4 is 0 Å². The van der Waals surface area contributed by atoms with Crippen molar-refractivity contribution in [3.63, 3.8) is 0 Å². The van der Waals surface area contributed by atoms with Gasteiger partial charge in [0.05, 0.1) is 13.1 Å². The van der Waals surface area contributed by atoms with E-state index < -0.39 is 0 Å². The molecule has 0 fully saturated rings. The van der Waals surface area contributed by atoms with Gasteiger partial charge in [0.2, 0.25) is 0 Å². The Morgan fingerprint density at radius 1 is 0.548 bits per heavy atom. The summed E-state index contributed by atoms with van der Waals surface area (Å²) in [6, 6.07) is 22.1. The van der Waals surface area contributed by atoms with Crippen molar-refractivity contribution in [1.29, 1.82) is 0 Å². The van der Waals surface area contributed by atoms with E-state index in [1.807, 2.05) is 0 Å². The lowest BCUT2D eigenvalue weighted by atomic mass is 10.1. The molecule has 2 aromatic rings. The van der Waals surface area contributed by atoms with Crippen LogP contribution in [0.25, 0.3) is 0 Å². The van der Waals surface area contributed by atoms with Crippen LogP contribution in [0.5, 0.6) is 0 Å².